The van der Waals surface area contributed by atoms with Crippen LogP contribution >= 0.6 is 23.2 Å². The summed E-state index contributed by atoms with van der Waals surface area (Å²) in [6.45, 7) is 0. The van der Waals surface area contributed by atoms with Gasteiger partial charge < -0.3 is 5.32 Å². The molecule has 1 N–H and O–H groups in total. The van der Waals surface area contributed by atoms with E-state index in [9.17, 15) is 4.79 Å². The van der Waals surface area contributed by atoms with Gasteiger partial charge in [0.25, 0.3) is 0 Å². The maximum absolute atomic E-state index is 11.9. The molecule has 0 saturated heterocycles. The molecule has 0 aromatic heterocycles. The lowest BCUT2D eigenvalue weighted by Gasteiger charge is -2.06. The number of rotatable bonds is 4. The number of carbonyl (C=O) groups is 1. The Balaban J connectivity index is 2.01. The monoisotopic (exact) mass is 293 g/mol. The Kier molecular flexibility index (Phi) is 4.83. The largest absolute Gasteiger partial charge is 0.326 e. The number of carbonyl (C=O) groups excluding carboxylic acids is 1. The molecule has 0 spiro atoms. The third-order valence-electron chi connectivity index (χ3n) is 2.62. The summed E-state index contributed by atoms with van der Waals surface area (Å²) in [4.78, 5) is 11.9. The minimum absolute atomic E-state index is 0.0750. The molecule has 4 heteroatoms. The van der Waals surface area contributed by atoms with Gasteiger partial charge in [0.05, 0.1) is 6.42 Å². The quantitative estimate of drug-likeness (QED) is 0.839. The average Bonchev–Trinajstić information content (AvgIpc) is 2.38. The molecule has 0 unspecified atom stereocenters. The minimum Gasteiger partial charge on any atom is -0.326 e. The van der Waals surface area contributed by atoms with Crippen LogP contribution in [0.5, 0.6) is 0 Å². The lowest BCUT2D eigenvalue weighted by molar-refractivity contribution is -0.115. The molecule has 2 rings (SSSR count). The maximum atomic E-state index is 11.9. The SMILES string of the molecule is O=C(Cc1cccc(Cl)c1)Nc1cccc(CCl)c1. The minimum atomic E-state index is -0.0750. The molecule has 0 atom stereocenters. The molecule has 2 nitrogen and oxygen atoms in total. The maximum Gasteiger partial charge on any atom is 0.228 e. The normalized spacial score (nSPS) is 10.2. The summed E-state index contributed by atoms with van der Waals surface area (Å²) >= 11 is 11.6. The molecule has 2 aromatic carbocycles. The number of hydrogen-bond donors (Lipinski definition) is 1. The summed E-state index contributed by atoms with van der Waals surface area (Å²) in [7, 11) is 0. The van der Waals surface area contributed by atoms with Crippen LogP contribution in [0.4, 0.5) is 5.69 Å². The van der Waals surface area contributed by atoms with Crippen molar-refractivity contribution in [1.29, 1.82) is 0 Å². The van der Waals surface area contributed by atoms with Gasteiger partial charge >= 0.3 is 0 Å². The van der Waals surface area contributed by atoms with E-state index in [1.165, 1.54) is 0 Å². The number of alkyl halides is 1. The highest BCUT2D eigenvalue weighted by Gasteiger charge is 2.05. The van der Waals surface area contributed by atoms with E-state index in [4.69, 9.17) is 23.2 Å². The summed E-state index contributed by atoms with van der Waals surface area (Å²) in [5.74, 6) is 0.354. The molecular formula is C15H13Cl2NO. The number of hydrogen-bond acceptors (Lipinski definition) is 1. The fourth-order valence-electron chi connectivity index (χ4n) is 1.77. The highest BCUT2D eigenvalue weighted by atomic mass is 35.5. The molecular weight excluding hydrogens is 281 g/mol. The molecule has 0 bridgehead atoms. The number of anilines is 1. The van der Waals surface area contributed by atoms with Crippen molar-refractivity contribution in [2.24, 2.45) is 0 Å². The molecule has 0 saturated carbocycles. The van der Waals surface area contributed by atoms with E-state index in [-0.39, 0.29) is 5.91 Å². The van der Waals surface area contributed by atoms with Gasteiger partial charge in [0, 0.05) is 16.6 Å². The van der Waals surface area contributed by atoms with Crippen LogP contribution in [0.2, 0.25) is 5.02 Å². The second-order valence-corrected chi connectivity index (χ2v) is 4.89. The molecule has 0 aliphatic rings. The summed E-state index contributed by atoms with van der Waals surface area (Å²) in [5.41, 5.74) is 2.62. The Labute approximate surface area is 122 Å². The van der Waals surface area contributed by atoms with Crippen LogP contribution in [0.1, 0.15) is 11.1 Å². The lowest BCUT2D eigenvalue weighted by Crippen LogP contribution is -2.14. The van der Waals surface area contributed by atoms with Crippen LogP contribution in [0.15, 0.2) is 48.5 Å². The summed E-state index contributed by atoms with van der Waals surface area (Å²) in [6.07, 6.45) is 0.297. The van der Waals surface area contributed by atoms with Gasteiger partial charge in [-0.2, -0.15) is 0 Å². The molecule has 0 heterocycles. The van der Waals surface area contributed by atoms with Crippen molar-refractivity contribution < 1.29 is 4.79 Å². The summed E-state index contributed by atoms with van der Waals surface area (Å²) in [6, 6.07) is 14.8. The Morgan fingerprint density at radius 1 is 1.05 bits per heavy atom. The summed E-state index contributed by atoms with van der Waals surface area (Å²) < 4.78 is 0. The van der Waals surface area contributed by atoms with E-state index in [1.807, 2.05) is 36.4 Å². The zero-order valence-corrected chi connectivity index (χ0v) is 11.7. The van der Waals surface area contributed by atoms with Gasteiger partial charge in [-0.3, -0.25) is 4.79 Å². The highest BCUT2D eigenvalue weighted by Crippen LogP contribution is 2.14. The van der Waals surface area contributed by atoms with Gasteiger partial charge in [-0.1, -0.05) is 35.9 Å². The van der Waals surface area contributed by atoms with Gasteiger partial charge in [-0.05, 0) is 35.4 Å². The van der Waals surface area contributed by atoms with Gasteiger partial charge in [-0.25, -0.2) is 0 Å². The molecule has 0 aliphatic carbocycles. The van der Waals surface area contributed by atoms with Crippen LogP contribution in [0.3, 0.4) is 0 Å². The van der Waals surface area contributed by atoms with Crippen molar-refractivity contribution >= 4 is 34.8 Å². The van der Waals surface area contributed by atoms with Gasteiger partial charge in [-0.15, -0.1) is 11.6 Å². The Morgan fingerprint density at radius 3 is 2.53 bits per heavy atom. The Bertz CT molecular complexity index is 584. The van der Waals surface area contributed by atoms with Gasteiger partial charge in [0.15, 0.2) is 0 Å². The first-order valence-corrected chi connectivity index (χ1v) is 6.78. The molecule has 1 amide bonds. The molecule has 2 aromatic rings. The first kappa shape index (κ1) is 13.9. The Hall–Kier alpha value is -1.51. The third-order valence-corrected chi connectivity index (χ3v) is 3.16. The zero-order chi connectivity index (χ0) is 13.7. The van der Waals surface area contributed by atoms with Crippen molar-refractivity contribution in [2.75, 3.05) is 5.32 Å². The molecule has 0 fully saturated rings. The van der Waals surface area contributed by atoms with E-state index in [0.29, 0.717) is 17.3 Å². The third kappa shape index (κ3) is 4.27. The smallest absolute Gasteiger partial charge is 0.228 e. The molecule has 0 radical (unpaired) electrons. The van der Waals surface area contributed by atoms with Gasteiger partial charge in [0.1, 0.15) is 0 Å². The topological polar surface area (TPSA) is 29.1 Å². The van der Waals surface area contributed by atoms with E-state index in [0.717, 1.165) is 16.8 Å². The fraction of sp³-hybridized carbons (Fsp3) is 0.133. The lowest BCUT2D eigenvalue weighted by atomic mass is 10.1. The number of amides is 1. The predicted octanol–water partition coefficient (Wildman–Crippen LogP) is 4.26. The Morgan fingerprint density at radius 2 is 1.79 bits per heavy atom. The van der Waals surface area contributed by atoms with E-state index >= 15 is 0 Å². The summed E-state index contributed by atoms with van der Waals surface area (Å²) in [5, 5.41) is 3.48. The highest BCUT2D eigenvalue weighted by molar-refractivity contribution is 6.30. The second-order valence-electron chi connectivity index (χ2n) is 4.19. The van der Waals surface area contributed by atoms with Crippen molar-refractivity contribution in [2.45, 2.75) is 12.3 Å². The number of nitrogens with one attached hydrogen (secondary N) is 1. The van der Waals surface area contributed by atoms with Crippen molar-refractivity contribution in [3.63, 3.8) is 0 Å². The van der Waals surface area contributed by atoms with E-state index in [2.05, 4.69) is 5.32 Å². The van der Waals surface area contributed by atoms with Crippen molar-refractivity contribution in [3.05, 3.63) is 64.7 Å². The second kappa shape index (κ2) is 6.60. The van der Waals surface area contributed by atoms with E-state index < -0.39 is 0 Å². The van der Waals surface area contributed by atoms with Gasteiger partial charge in [0.2, 0.25) is 5.91 Å². The van der Waals surface area contributed by atoms with Crippen LogP contribution in [0, 0.1) is 0 Å². The van der Waals surface area contributed by atoms with Crippen LogP contribution < -0.4 is 5.32 Å². The predicted molar refractivity (Wildman–Crippen MR) is 79.8 cm³/mol. The van der Waals surface area contributed by atoms with Crippen molar-refractivity contribution in [1.82, 2.24) is 0 Å². The molecule has 0 aliphatic heterocycles. The number of benzene rings is 2. The van der Waals surface area contributed by atoms with E-state index in [1.54, 1.807) is 12.1 Å². The molecule has 19 heavy (non-hydrogen) atoms. The standard InChI is InChI=1S/C15H13Cl2NO/c16-10-12-4-2-6-14(8-12)18-15(19)9-11-3-1-5-13(17)7-11/h1-8H,9-10H2,(H,18,19). The van der Waals surface area contributed by atoms with Crippen LogP contribution in [-0.2, 0) is 17.1 Å². The van der Waals surface area contributed by atoms with Crippen molar-refractivity contribution in [3.8, 4) is 0 Å². The zero-order valence-electron chi connectivity index (χ0n) is 10.2. The van der Waals surface area contributed by atoms with Crippen LogP contribution in [0.25, 0.3) is 0 Å². The first-order valence-electron chi connectivity index (χ1n) is 5.86. The average molecular weight is 294 g/mol. The number of halogens is 2. The molecule has 98 valence electrons. The fourth-order valence-corrected chi connectivity index (χ4v) is 2.15. The first-order chi connectivity index (χ1) is 9.17. The van der Waals surface area contributed by atoms with Crippen LogP contribution in [-0.4, -0.2) is 5.91 Å².